The minimum atomic E-state index is 0.466. The first-order valence-corrected chi connectivity index (χ1v) is 5.52. The van der Waals surface area contributed by atoms with Gasteiger partial charge in [0, 0.05) is 25.2 Å². The van der Waals surface area contributed by atoms with Crippen molar-refractivity contribution in [1.82, 2.24) is 4.90 Å². The highest BCUT2D eigenvalue weighted by Gasteiger charge is 2.49. The van der Waals surface area contributed by atoms with Crippen LogP contribution >= 0.6 is 0 Å². The fraction of sp³-hybridized carbons (Fsp3) is 1.00. The molecule has 1 aliphatic heterocycles. The van der Waals surface area contributed by atoms with Gasteiger partial charge in [0.1, 0.15) is 0 Å². The summed E-state index contributed by atoms with van der Waals surface area (Å²) < 4.78 is 0. The summed E-state index contributed by atoms with van der Waals surface area (Å²) in [6.45, 7) is 9.50. The summed E-state index contributed by atoms with van der Waals surface area (Å²) >= 11 is 0. The quantitative estimate of drug-likeness (QED) is 0.665. The summed E-state index contributed by atoms with van der Waals surface area (Å²) in [6.07, 6.45) is 2.58. The number of hydrogen-bond acceptors (Lipinski definition) is 2. The molecule has 3 atom stereocenters. The minimum Gasteiger partial charge on any atom is -0.327 e. The Hall–Kier alpha value is -0.0800. The molecule has 1 heterocycles. The molecule has 0 spiro atoms. The first kappa shape index (κ1) is 9.47. The van der Waals surface area contributed by atoms with E-state index in [0.29, 0.717) is 17.5 Å². The molecule has 2 heteroatoms. The summed E-state index contributed by atoms with van der Waals surface area (Å²) in [5.41, 5.74) is 6.67. The molecule has 76 valence electrons. The summed E-state index contributed by atoms with van der Waals surface area (Å²) in [4.78, 5) is 2.59. The average molecular weight is 182 g/mol. The summed E-state index contributed by atoms with van der Waals surface area (Å²) in [6, 6.07) is 1.16. The SMILES string of the molecule is CC(C)N1C[C@@H]2[C@H](N)CC[C@]2(C)C1. The lowest BCUT2D eigenvalue weighted by Crippen LogP contribution is -2.33. The predicted octanol–water partition coefficient (Wildman–Crippen LogP) is 1.45. The van der Waals surface area contributed by atoms with E-state index in [1.807, 2.05) is 0 Å². The lowest BCUT2D eigenvalue weighted by Gasteiger charge is -2.25. The number of hydrogen-bond donors (Lipinski definition) is 1. The standard InChI is InChI=1S/C11H22N2/c1-8(2)13-6-9-10(12)4-5-11(9,3)7-13/h8-10H,4-7,12H2,1-3H3/t9-,10-,11-/m1/s1. The molecule has 0 amide bonds. The number of nitrogens with two attached hydrogens (primary N) is 1. The fourth-order valence-electron chi connectivity index (χ4n) is 3.13. The smallest absolute Gasteiger partial charge is 0.00852 e. The molecule has 1 saturated heterocycles. The third-order valence-corrected chi connectivity index (χ3v) is 4.19. The molecular formula is C11H22N2. The Balaban J connectivity index is 2.10. The molecule has 2 rings (SSSR count). The molecule has 1 aliphatic carbocycles. The van der Waals surface area contributed by atoms with Crippen LogP contribution in [-0.4, -0.2) is 30.1 Å². The second-order valence-corrected chi connectivity index (χ2v) is 5.49. The molecule has 2 aliphatic rings. The van der Waals surface area contributed by atoms with E-state index < -0.39 is 0 Å². The highest BCUT2D eigenvalue weighted by Crippen LogP contribution is 2.47. The van der Waals surface area contributed by atoms with Crippen molar-refractivity contribution in [3.8, 4) is 0 Å². The van der Waals surface area contributed by atoms with Crippen molar-refractivity contribution in [2.75, 3.05) is 13.1 Å². The maximum Gasteiger partial charge on any atom is 0.00852 e. The van der Waals surface area contributed by atoms with Crippen LogP contribution in [0.2, 0.25) is 0 Å². The van der Waals surface area contributed by atoms with Gasteiger partial charge < -0.3 is 10.6 Å². The van der Waals surface area contributed by atoms with Gasteiger partial charge in [-0.25, -0.2) is 0 Å². The summed E-state index contributed by atoms with van der Waals surface area (Å²) in [7, 11) is 0. The van der Waals surface area contributed by atoms with Gasteiger partial charge in [-0.1, -0.05) is 6.92 Å². The number of rotatable bonds is 1. The zero-order chi connectivity index (χ0) is 9.64. The van der Waals surface area contributed by atoms with Crippen molar-refractivity contribution in [1.29, 1.82) is 0 Å². The van der Waals surface area contributed by atoms with Gasteiger partial charge in [-0.2, -0.15) is 0 Å². The van der Waals surface area contributed by atoms with E-state index in [9.17, 15) is 0 Å². The zero-order valence-electron chi connectivity index (χ0n) is 9.09. The molecule has 0 aromatic rings. The number of nitrogens with zero attached hydrogens (tertiary/aromatic N) is 1. The number of fused-ring (bicyclic) bond motifs is 1. The predicted molar refractivity (Wildman–Crippen MR) is 55.5 cm³/mol. The Morgan fingerprint density at radius 2 is 2.15 bits per heavy atom. The van der Waals surface area contributed by atoms with Gasteiger partial charge in [0.15, 0.2) is 0 Å². The van der Waals surface area contributed by atoms with E-state index >= 15 is 0 Å². The molecule has 0 aromatic carbocycles. The Bertz CT molecular complexity index is 202. The summed E-state index contributed by atoms with van der Waals surface area (Å²) in [5.74, 6) is 0.759. The highest BCUT2D eigenvalue weighted by atomic mass is 15.2. The van der Waals surface area contributed by atoms with Crippen LogP contribution in [0.25, 0.3) is 0 Å². The first-order valence-electron chi connectivity index (χ1n) is 5.52. The van der Waals surface area contributed by atoms with Crippen LogP contribution in [0.1, 0.15) is 33.6 Å². The Kier molecular flexibility index (Phi) is 2.16. The van der Waals surface area contributed by atoms with Crippen LogP contribution < -0.4 is 5.73 Å². The molecule has 0 unspecified atom stereocenters. The van der Waals surface area contributed by atoms with Crippen molar-refractivity contribution in [3.05, 3.63) is 0 Å². The second-order valence-electron chi connectivity index (χ2n) is 5.49. The zero-order valence-corrected chi connectivity index (χ0v) is 9.09. The Labute approximate surface area is 81.5 Å². The fourth-order valence-corrected chi connectivity index (χ4v) is 3.13. The lowest BCUT2D eigenvalue weighted by atomic mass is 9.82. The van der Waals surface area contributed by atoms with Crippen LogP contribution in [0, 0.1) is 11.3 Å². The van der Waals surface area contributed by atoms with Crippen molar-refractivity contribution in [2.45, 2.75) is 45.7 Å². The van der Waals surface area contributed by atoms with Crippen LogP contribution in [0.15, 0.2) is 0 Å². The van der Waals surface area contributed by atoms with Crippen molar-refractivity contribution in [2.24, 2.45) is 17.1 Å². The molecule has 2 fully saturated rings. The van der Waals surface area contributed by atoms with E-state index in [-0.39, 0.29) is 0 Å². The van der Waals surface area contributed by atoms with Gasteiger partial charge in [-0.15, -0.1) is 0 Å². The first-order chi connectivity index (χ1) is 6.03. The lowest BCUT2D eigenvalue weighted by molar-refractivity contribution is 0.229. The van der Waals surface area contributed by atoms with Crippen molar-refractivity contribution >= 4 is 0 Å². The van der Waals surface area contributed by atoms with Gasteiger partial charge >= 0.3 is 0 Å². The van der Waals surface area contributed by atoms with Gasteiger partial charge in [-0.3, -0.25) is 0 Å². The molecule has 0 bridgehead atoms. The van der Waals surface area contributed by atoms with Crippen LogP contribution in [0.4, 0.5) is 0 Å². The maximum absolute atomic E-state index is 6.14. The average Bonchev–Trinajstić information content (AvgIpc) is 2.50. The van der Waals surface area contributed by atoms with Gasteiger partial charge in [0.05, 0.1) is 0 Å². The number of likely N-dealkylation sites (tertiary alicyclic amines) is 1. The topological polar surface area (TPSA) is 29.3 Å². The van der Waals surface area contributed by atoms with Gasteiger partial charge in [-0.05, 0) is 38.0 Å². The van der Waals surface area contributed by atoms with E-state index in [1.165, 1.54) is 25.9 Å². The Morgan fingerprint density at radius 3 is 2.69 bits per heavy atom. The van der Waals surface area contributed by atoms with E-state index in [1.54, 1.807) is 0 Å². The van der Waals surface area contributed by atoms with Gasteiger partial charge in [0.2, 0.25) is 0 Å². The highest BCUT2D eigenvalue weighted by molar-refractivity contribution is 5.03. The van der Waals surface area contributed by atoms with E-state index in [2.05, 4.69) is 25.7 Å². The largest absolute Gasteiger partial charge is 0.327 e. The molecule has 2 nitrogen and oxygen atoms in total. The normalized spacial score (nSPS) is 45.9. The molecule has 1 saturated carbocycles. The van der Waals surface area contributed by atoms with E-state index in [0.717, 1.165) is 5.92 Å². The Morgan fingerprint density at radius 1 is 1.46 bits per heavy atom. The molecule has 2 N–H and O–H groups in total. The molecule has 13 heavy (non-hydrogen) atoms. The molecule has 0 aromatic heterocycles. The van der Waals surface area contributed by atoms with Crippen molar-refractivity contribution in [3.63, 3.8) is 0 Å². The van der Waals surface area contributed by atoms with Gasteiger partial charge in [0.25, 0.3) is 0 Å². The molecular weight excluding hydrogens is 160 g/mol. The van der Waals surface area contributed by atoms with E-state index in [4.69, 9.17) is 5.73 Å². The van der Waals surface area contributed by atoms with Crippen LogP contribution in [-0.2, 0) is 0 Å². The van der Waals surface area contributed by atoms with Crippen LogP contribution in [0.3, 0.4) is 0 Å². The monoisotopic (exact) mass is 182 g/mol. The van der Waals surface area contributed by atoms with Crippen LogP contribution in [0.5, 0.6) is 0 Å². The third-order valence-electron chi connectivity index (χ3n) is 4.19. The maximum atomic E-state index is 6.14. The second kappa shape index (κ2) is 2.96. The minimum absolute atomic E-state index is 0.466. The third kappa shape index (κ3) is 1.40. The summed E-state index contributed by atoms with van der Waals surface area (Å²) in [5, 5.41) is 0. The van der Waals surface area contributed by atoms with Crippen molar-refractivity contribution < 1.29 is 0 Å². The molecule has 0 radical (unpaired) electrons.